The number of amides is 1. The van der Waals surface area contributed by atoms with Gasteiger partial charge < -0.3 is 5.32 Å². The number of hydrogen-bond donors (Lipinski definition) is 1. The molecular formula is C19H16ClF3N4O4S. The van der Waals surface area contributed by atoms with Crippen LogP contribution in [0.25, 0.3) is 11.0 Å². The predicted molar refractivity (Wildman–Crippen MR) is 108 cm³/mol. The number of piperidine rings is 1. The van der Waals surface area contributed by atoms with Crippen LogP contribution in [0, 0.1) is 5.92 Å². The van der Waals surface area contributed by atoms with Gasteiger partial charge in [0.2, 0.25) is 15.9 Å². The highest BCUT2D eigenvalue weighted by Crippen LogP contribution is 2.36. The monoisotopic (exact) mass is 488 g/mol. The lowest BCUT2D eigenvalue weighted by molar-refractivity contribution is -0.137. The minimum absolute atomic E-state index is 0.0352. The van der Waals surface area contributed by atoms with Gasteiger partial charge in [0.25, 0.3) is 0 Å². The highest BCUT2D eigenvalue weighted by atomic mass is 35.5. The number of carbonyl (C=O) groups is 1. The Kier molecular flexibility index (Phi) is 5.86. The normalized spacial score (nSPS) is 16.4. The fraction of sp³-hybridized carbons (Fsp3) is 0.316. The number of benzene rings is 2. The highest BCUT2D eigenvalue weighted by Gasteiger charge is 2.35. The molecule has 2 heterocycles. The van der Waals surface area contributed by atoms with Crippen LogP contribution in [-0.2, 0) is 21.0 Å². The van der Waals surface area contributed by atoms with Gasteiger partial charge in [-0.15, -0.1) is 0 Å². The molecule has 1 aliphatic heterocycles. The zero-order valence-electron chi connectivity index (χ0n) is 16.3. The quantitative estimate of drug-likeness (QED) is 0.596. The van der Waals surface area contributed by atoms with Crippen molar-refractivity contribution in [3.8, 4) is 0 Å². The molecule has 0 spiro atoms. The van der Waals surface area contributed by atoms with Gasteiger partial charge in [-0.05, 0) is 53.5 Å². The molecule has 1 N–H and O–H groups in total. The van der Waals surface area contributed by atoms with Crippen molar-refractivity contribution in [2.24, 2.45) is 5.92 Å². The Morgan fingerprint density at radius 2 is 1.88 bits per heavy atom. The van der Waals surface area contributed by atoms with E-state index in [2.05, 4.69) is 20.3 Å². The van der Waals surface area contributed by atoms with Crippen LogP contribution in [0.3, 0.4) is 0 Å². The minimum Gasteiger partial charge on any atom is -0.326 e. The molecule has 0 saturated carbocycles. The smallest absolute Gasteiger partial charge is 0.326 e. The van der Waals surface area contributed by atoms with Crippen LogP contribution in [0.4, 0.5) is 18.9 Å². The lowest BCUT2D eigenvalue weighted by Crippen LogP contribution is -2.41. The van der Waals surface area contributed by atoms with Crippen LogP contribution in [0.15, 0.2) is 45.9 Å². The summed E-state index contributed by atoms with van der Waals surface area (Å²) in [7, 11) is -3.89. The number of carbonyl (C=O) groups excluding carboxylic acids is 1. The van der Waals surface area contributed by atoms with Crippen molar-refractivity contribution >= 4 is 44.3 Å². The van der Waals surface area contributed by atoms with Crippen molar-refractivity contribution in [3.05, 3.63) is 47.0 Å². The van der Waals surface area contributed by atoms with Crippen molar-refractivity contribution in [1.82, 2.24) is 14.6 Å². The number of rotatable bonds is 4. The van der Waals surface area contributed by atoms with Gasteiger partial charge in [0, 0.05) is 24.7 Å². The van der Waals surface area contributed by atoms with Crippen molar-refractivity contribution in [2.75, 3.05) is 18.4 Å². The summed E-state index contributed by atoms with van der Waals surface area (Å²) in [6.07, 6.45) is -4.24. The van der Waals surface area contributed by atoms with Gasteiger partial charge in [-0.25, -0.2) is 13.0 Å². The van der Waals surface area contributed by atoms with Gasteiger partial charge in [0.1, 0.15) is 10.4 Å². The van der Waals surface area contributed by atoms with Crippen LogP contribution < -0.4 is 5.32 Å². The molecule has 4 rings (SSSR count). The number of nitrogens with zero attached hydrogens (tertiary/aromatic N) is 3. The van der Waals surface area contributed by atoms with Gasteiger partial charge in [0.05, 0.1) is 10.6 Å². The maximum atomic E-state index is 13.0. The predicted octanol–water partition coefficient (Wildman–Crippen LogP) is 3.93. The Balaban J connectivity index is 1.44. The maximum absolute atomic E-state index is 13.0. The van der Waals surface area contributed by atoms with Crippen molar-refractivity contribution in [2.45, 2.75) is 23.9 Å². The molecule has 1 fully saturated rings. The SMILES string of the molecule is O=C(Nc1ccc(Cl)c(C(F)(F)F)c1)C1CCN(S(=O)(=O)c2cccc3nonc23)CC1. The van der Waals surface area contributed by atoms with E-state index in [0.29, 0.717) is 5.52 Å². The number of anilines is 1. The molecule has 1 aromatic heterocycles. The number of aromatic nitrogens is 2. The Hall–Kier alpha value is -2.70. The van der Waals surface area contributed by atoms with Crippen molar-refractivity contribution in [3.63, 3.8) is 0 Å². The molecular weight excluding hydrogens is 473 g/mol. The second-order valence-corrected chi connectivity index (χ2v) is 9.56. The summed E-state index contributed by atoms with van der Waals surface area (Å²) in [5.41, 5.74) is -0.654. The Morgan fingerprint density at radius 1 is 1.16 bits per heavy atom. The second-order valence-electron chi connectivity index (χ2n) is 7.25. The molecule has 1 saturated heterocycles. The van der Waals surface area contributed by atoms with Crippen LogP contribution in [0.2, 0.25) is 5.02 Å². The number of sulfonamides is 1. The fourth-order valence-corrected chi connectivity index (χ4v) is 5.38. The van der Waals surface area contributed by atoms with Crippen LogP contribution in [0.1, 0.15) is 18.4 Å². The van der Waals surface area contributed by atoms with Gasteiger partial charge in [-0.3, -0.25) is 4.79 Å². The second kappa shape index (κ2) is 8.34. The molecule has 1 aliphatic rings. The molecule has 170 valence electrons. The summed E-state index contributed by atoms with van der Waals surface area (Å²) in [4.78, 5) is 12.5. The van der Waals surface area contributed by atoms with Gasteiger partial charge in [-0.1, -0.05) is 17.7 Å². The van der Waals surface area contributed by atoms with E-state index in [1.54, 1.807) is 6.07 Å². The first-order chi connectivity index (χ1) is 15.1. The van der Waals surface area contributed by atoms with E-state index in [-0.39, 0.29) is 42.0 Å². The summed E-state index contributed by atoms with van der Waals surface area (Å²) < 4.78 is 71.0. The molecule has 2 aromatic carbocycles. The molecule has 8 nitrogen and oxygen atoms in total. The molecule has 0 aliphatic carbocycles. The first kappa shape index (κ1) is 22.5. The molecule has 0 atom stereocenters. The average Bonchev–Trinajstić information content (AvgIpc) is 3.23. The van der Waals surface area contributed by atoms with Crippen LogP contribution in [-0.4, -0.2) is 42.0 Å². The van der Waals surface area contributed by atoms with Crippen molar-refractivity contribution < 1.29 is 31.0 Å². The Morgan fingerprint density at radius 3 is 2.56 bits per heavy atom. The summed E-state index contributed by atoms with van der Waals surface area (Å²) in [5.74, 6) is -1.05. The number of hydrogen-bond acceptors (Lipinski definition) is 6. The van der Waals surface area contributed by atoms with E-state index in [0.717, 1.165) is 12.1 Å². The molecule has 0 unspecified atom stereocenters. The summed E-state index contributed by atoms with van der Waals surface area (Å²) in [6.45, 7) is 0.132. The Bertz CT molecular complexity index is 1270. The largest absolute Gasteiger partial charge is 0.417 e. The molecule has 0 radical (unpaired) electrons. The molecule has 1 amide bonds. The fourth-order valence-electron chi connectivity index (χ4n) is 3.55. The third-order valence-corrected chi connectivity index (χ3v) is 7.49. The third-order valence-electron chi connectivity index (χ3n) is 5.23. The number of alkyl halides is 3. The zero-order chi connectivity index (χ0) is 23.1. The molecule has 13 heteroatoms. The molecule has 32 heavy (non-hydrogen) atoms. The Labute approximate surface area is 185 Å². The van der Waals surface area contributed by atoms with Crippen LogP contribution in [0.5, 0.6) is 0 Å². The molecule has 0 bridgehead atoms. The lowest BCUT2D eigenvalue weighted by Gasteiger charge is -2.30. The van der Waals surface area contributed by atoms with E-state index in [1.807, 2.05) is 0 Å². The standard InChI is InChI=1S/C19H16ClF3N4O4S/c20-14-5-4-12(10-13(14)19(21,22)23)24-18(28)11-6-8-27(9-7-11)32(29,30)16-3-1-2-15-17(16)26-31-25-15/h1-5,10-11H,6-9H2,(H,24,28). The van der Waals surface area contributed by atoms with E-state index in [9.17, 15) is 26.4 Å². The summed E-state index contributed by atoms with van der Waals surface area (Å²) in [6, 6.07) is 7.62. The number of nitrogens with one attached hydrogen (secondary N) is 1. The van der Waals surface area contributed by atoms with E-state index in [1.165, 1.54) is 22.5 Å². The molecule has 3 aromatic rings. The van der Waals surface area contributed by atoms with Gasteiger partial charge in [-0.2, -0.15) is 17.5 Å². The van der Waals surface area contributed by atoms with Gasteiger partial charge >= 0.3 is 6.18 Å². The summed E-state index contributed by atoms with van der Waals surface area (Å²) in [5, 5.41) is 9.29. The maximum Gasteiger partial charge on any atom is 0.417 e. The van der Waals surface area contributed by atoms with Gasteiger partial charge in [0.15, 0.2) is 5.52 Å². The van der Waals surface area contributed by atoms with E-state index >= 15 is 0 Å². The zero-order valence-corrected chi connectivity index (χ0v) is 17.8. The highest BCUT2D eigenvalue weighted by molar-refractivity contribution is 7.89. The summed E-state index contributed by atoms with van der Waals surface area (Å²) >= 11 is 5.60. The first-order valence-corrected chi connectivity index (χ1v) is 11.3. The number of fused-ring (bicyclic) bond motifs is 1. The minimum atomic E-state index is -4.65. The van der Waals surface area contributed by atoms with E-state index in [4.69, 9.17) is 11.6 Å². The first-order valence-electron chi connectivity index (χ1n) is 9.46. The lowest BCUT2D eigenvalue weighted by atomic mass is 9.97. The number of halogens is 4. The van der Waals surface area contributed by atoms with Crippen molar-refractivity contribution in [1.29, 1.82) is 0 Å². The topological polar surface area (TPSA) is 105 Å². The van der Waals surface area contributed by atoms with Crippen LogP contribution >= 0.6 is 11.6 Å². The van der Waals surface area contributed by atoms with E-state index < -0.39 is 38.6 Å². The average molecular weight is 489 g/mol. The third kappa shape index (κ3) is 4.30.